The van der Waals surface area contributed by atoms with Gasteiger partial charge in [0.2, 0.25) is 0 Å². The van der Waals surface area contributed by atoms with Gasteiger partial charge in [0.1, 0.15) is 5.82 Å². The molecule has 1 aliphatic rings. The molecular formula is C31H51FN2O. The Morgan fingerprint density at radius 1 is 1.00 bits per heavy atom. The predicted octanol–water partition coefficient (Wildman–Crippen LogP) is 7.58. The van der Waals surface area contributed by atoms with Crippen LogP contribution < -0.4 is 5.32 Å². The van der Waals surface area contributed by atoms with Crippen molar-refractivity contribution in [2.24, 2.45) is 5.92 Å². The molecule has 2 aromatic carbocycles. The monoisotopic (exact) mass is 486 g/mol. The minimum Gasteiger partial charge on any atom is -0.316 e. The van der Waals surface area contributed by atoms with E-state index in [0.29, 0.717) is 6.42 Å². The van der Waals surface area contributed by atoms with E-state index in [-0.39, 0.29) is 11.6 Å². The third-order valence-corrected chi connectivity index (χ3v) is 5.88. The number of hydrogen-bond donors (Lipinski definition) is 1. The van der Waals surface area contributed by atoms with Crippen molar-refractivity contribution in [3.05, 3.63) is 71.0 Å². The lowest BCUT2D eigenvalue weighted by Crippen LogP contribution is -2.22. The number of fused-ring (bicyclic) bond motifs is 1. The van der Waals surface area contributed by atoms with Crippen molar-refractivity contribution in [3.63, 3.8) is 0 Å². The topological polar surface area (TPSA) is 32.3 Å². The van der Waals surface area contributed by atoms with E-state index >= 15 is 0 Å². The summed E-state index contributed by atoms with van der Waals surface area (Å²) in [5.41, 5.74) is 3.69. The molecule has 1 N–H and O–H groups in total. The Balaban J connectivity index is 0.000000540. The van der Waals surface area contributed by atoms with Gasteiger partial charge in [0.05, 0.1) is 0 Å². The van der Waals surface area contributed by atoms with Crippen LogP contribution in [0.4, 0.5) is 4.39 Å². The van der Waals surface area contributed by atoms with Crippen LogP contribution in [0.5, 0.6) is 0 Å². The number of hydrogen-bond acceptors (Lipinski definition) is 3. The molecule has 1 unspecified atom stereocenters. The second kappa shape index (κ2) is 21.3. The van der Waals surface area contributed by atoms with Crippen molar-refractivity contribution in [2.45, 2.75) is 79.6 Å². The second-order valence-corrected chi connectivity index (χ2v) is 9.16. The van der Waals surface area contributed by atoms with E-state index in [1.54, 1.807) is 18.2 Å². The van der Waals surface area contributed by atoms with Gasteiger partial charge in [-0.1, -0.05) is 71.4 Å². The summed E-state index contributed by atoms with van der Waals surface area (Å²) in [6.07, 6.45) is 7.61. The summed E-state index contributed by atoms with van der Waals surface area (Å²) in [6, 6.07) is 14.2. The van der Waals surface area contributed by atoms with Gasteiger partial charge in [-0.05, 0) is 101 Å². The molecule has 1 aliphatic heterocycles. The standard InChI is InChI=1S/C15H21NO.C8H19N.C6H5F.C2H6/c1-2-4-15(17)14-7-6-12-5-3-9-16-10-8-13(12)11-14;1-5-8(2)6-7-9(3)4;7-6-4-2-1-3-5-6;1-2/h6-7,11,16H,2-5,8-10H2,1H3;8H,5-7H2,1-4H3;1-5H;1-2H3. The Kier molecular flexibility index (Phi) is 20.0. The Morgan fingerprint density at radius 2 is 1.69 bits per heavy atom. The van der Waals surface area contributed by atoms with Gasteiger partial charge in [-0.2, -0.15) is 0 Å². The SMILES string of the molecule is CC.CCC(C)CCN(C)C.CCCC(=O)c1ccc2c(c1)CCNCCC2.Fc1ccccc1. The Hall–Kier alpha value is -2.04. The average molecular weight is 487 g/mol. The Morgan fingerprint density at radius 3 is 2.23 bits per heavy atom. The van der Waals surface area contributed by atoms with Crippen LogP contribution >= 0.6 is 0 Å². The van der Waals surface area contributed by atoms with Crippen LogP contribution in [0.1, 0.15) is 88.2 Å². The fraction of sp³-hybridized carbons (Fsp3) is 0.581. The fourth-order valence-electron chi connectivity index (χ4n) is 3.50. The van der Waals surface area contributed by atoms with Crippen molar-refractivity contribution < 1.29 is 9.18 Å². The molecule has 1 heterocycles. The minimum atomic E-state index is -0.178. The van der Waals surface area contributed by atoms with Gasteiger partial charge in [0, 0.05) is 12.0 Å². The zero-order valence-electron chi connectivity index (χ0n) is 23.5. The first kappa shape index (κ1) is 33.0. The third kappa shape index (κ3) is 16.3. The number of carbonyl (C=O) groups excluding carboxylic acids is 1. The highest BCUT2D eigenvalue weighted by molar-refractivity contribution is 5.96. The van der Waals surface area contributed by atoms with Crippen molar-refractivity contribution >= 4 is 5.78 Å². The number of nitrogens with one attached hydrogen (secondary N) is 1. The lowest BCUT2D eigenvalue weighted by Gasteiger charge is -2.15. The summed E-state index contributed by atoms with van der Waals surface area (Å²) in [5.74, 6) is 1.00. The van der Waals surface area contributed by atoms with E-state index in [4.69, 9.17) is 0 Å². The molecule has 3 nitrogen and oxygen atoms in total. The van der Waals surface area contributed by atoms with Crippen LogP contribution in [0.25, 0.3) is 0 Å². The summed E-state index contributed by atoms with van der Waals surface area (Å²) in [4.78, 5) is 14.1. The molecule has 0 aromatic heterocycles. The number of benzene rings is 2. The number of Topliss-reactive ketones (excluding diaryl/α,β-unsaturated/α-hetero) is 1. The van der Waals surface area contributed by atoms with Gasteiger partial charge in [-0.3, -0.25) is 4.79 Å². The maximum atomic E-state index is 11.9. The van der Waals surface area contributed by atoms with Gasteiger partial charge in [-0.15, -0.1) is 0 Å². The first-order chi connectivity index (χ1) is 16.9. The lowest BCUT2D eigenvalue weighted by molar-refractivity contribution is 0.0981. The van der Waals surface area contributed by atoms with E-state index in [1.807, 2.05) is 19.9 Å². The number of nitrogens with zero attached hydrogens (tertiary/aromatic N) is 1. The van der Waals surface area contributed by atoms with Gasteiger partial charge >= 0.3 is 0 Å². The van der Waals surface area contributed by atoms with Crippen LogP contribution in [-0.4, -0.2) is 44.4 Å². The molecule has 0 saturated carbocycles. The van der Waals surface area contributed by atoms with Gasteiger partial charge in [0.25, 0.3) is 0 Å². The molecule has 0 bridgehead atoms. The van der Waals surface area contributed by atoms with Gasteiger partial charge in [-0.25, -0.2) is 4.39 Å². The average Bonchev–Trinajstić information content (AvgIpc) is 2.85. The molecule has 198 valence electrons. The van der Waals surface area contributed by atoms with Crippen molar-refractivity contribution in [1.29, 1.82) is 0 Å². The Labute approximate surface area is 215 Å². The van der Waals surface area contributed by atoms with Crippen LogP contribution in [0.15, 0.2) is 48.5 Å². The number of carbonyl (C=O) groups is 1. The summed E-state index contributed by atoms with van der Waals surface area (Å²) in [6.45, 7) is 14.0. The van der Waals surface area contributed by atoms with Crippen molar-refractivity contribution in [1.82, 2.24) is 10.2 Å². The van der Waals surface area contributed by atoms with E-state index in [1.165, 1.54) is 49.1 Å². The van der Waals surface area contributed by atoms with E-state index in [0.717, 1.165) is 43.8 Å². The molecule has 0 saturated heterocycles. The Bertz CT molecular complexity index is 777. The highest BCUT2D eigenvalue weighted by Gasteiger charge is 2.10. The molecular weight excluding hydrogens is 435 g/mol. The number of halogens is 1. The van der Waals surface area contributed by atoms with Gasteiger partial charge < -0.3 is 10.2 Å². The van der Waals surface area contributed by atoms with Gasteiger partial charge in [0.15, 0.2) is 5.78 Å². The highest BCUT2D eigenvalue weighted by atomic mass is 19.1. The third-order valence-electron chi connectivity index (χ3n) is 5.88. The molecule has 0 aliphatic carbocycles. The van der Waals surface area contributed by atoms with Crippen LogP contribution in [0.2, 0.25) is 0 Å². The summed E-state index contributed by atoms with van der Waals surface area (Å²) in [7, 11) is 4.25. The first-order valence-corrected chi connectivity index (χ1v) is 13.6. The lowest BCUT2D eigenvalue weighted by atomic mass is 9.94. The molecule has 1 atom stereocenters. The fourth-order valence-corrected chi connectivity index (χ4v) is 3.50. The summed E-state index contributed by atoms with van der Waals surface area (Å²) in [5, 5.41) is 3.42. The predicted molar refractivity (Wildman–Crippen MR) is 151 cm³/mol. The first-order valence-electron chi connectivity index (χ1n) is 13.6. The van der Waals surface area contributed by atoms with Crippen LogP contribution in [0, 0.1) is 11.7 Å². The second-order valence-electron chi connectivity index (χ2n) is 9.16. The largest absolute Gasteiger partial charge is 0.316 e. The molecule has 0 spiro atoms. The maximum Gasteiger partial charge on any atom is 0.162 e. The minimum absolute atomic E-state index is 0.178. The number of aryl methyl sites for hydroxylation is 1. The van der Waals surface area contributed by atoms with E-state index in [2.05, 4.69) is 57.2 Å². The zero-order valence-corrected chi connectivity index (χ0v) is 23.5. The summed E-state index contributed by atoms with van der Waals surface area (Å²) < 4.78 is 11.9. The number of rotatable bonds is 7. The molecule has 2 aromatic rings. The molecule has 4 heteroatoms. The number of ketones is 1. The van der Waals surface area contributed by atoms with Crippen LogP contribution in [-0.2, 0) is 12.8 Å². The smallest absolute Gasteiger partial charge is 0.162 e. The molecule has 0 amide bonds. The molecule has 0 fully saturated rings. The van der Waals surface area contributed by atoms with E-state index < -0.39 is 0 Å². The van der Waals surface area contributed by atoms with Crippen molar-refractivity contribution in [3.8, 4) is 0 Å². The maximum absolute atomic E-state index is 11.9. The molecule has 35 heavy (non-hydrogen) atoms. The zero-order chi connectivity index (χ0) is 26.5. The summed E-state index contributed by atoms with van der Waals surface area (Å²) >= 11 is 0. The molecule has 0 radical (unpaired) electrons. The normalized spacial score (nSPS) is 13.3. The molecule has 3 rings (SSSR count). The van der Waals surface area contributed by atoms with Crippen LogP contribution in [0.3, 0.4) is 0 Å². The van der Waals surface area contributed by atoms with E-state index in [9.17, 15) is 9.18 Å². The quantitative estimate of drug-likeness (QED) is 0.409. The van der Waals surface area contributed by atoms with Crippen molar-refractivity contribution in [2.75, 3.05) is 33.7 Å². The highest BCUT2D eigenvalue weighted by Crippen LogP contribution is 2.17.